The van der Waals surface area contributed by atoms with Gasteiger partial charge in [0.1, 0.15) is 28.1 Å². The predicted octanol–water partition coefficient (Wildman–Crippen LogP) is 1.27. The molecular weight excluding hydrogens is 260 g/mol. The Bertz CT molecular complexity index is 712. The summed E-state index contributed by atoms with van der Waals surface area (Å²) >= 11 is 1.29. The Morgan fingerprint density at radius 3 is 2.84 bits per heavy atom. The normalized spacial score (nSPS) is 20.6. The SMILES string of the molecule is N#Cc1cnc(C2(c3cc(N)ncn3)C=CC=N2)s1. The van der Waals surface area contributed by atoms with E-state index in [9.17, 15) is 0 Å². The molecule has 2 aromatic heterocycles. The number of nitrogens with zero attached hydrogens (tertiary/aromatic N) is 5. The third kappa shape index (κ3) is 1.78. The summed E-state index contributed by atoms with van der Waals surface area (Å²) in [7, 11) is 0. The number of allylic oxidation sites excluding steroid dienone is 1. The van der Waals surface area contributed by atoms with Crippen LogP contribution in [-0.4, -0.2) is 21.2 Å². The molecular formula is C12H8N6S. The lowest BCUT2D eigenvalue weighted by molar-refractivity contribution is 0.663. The molecule has 0 amide bonds. The summed E-state index contributed by atoms with van der Waals surface area (Å²) < 4.78 is 0. The number of thiazole rings is 1. The highest BCUT2D eigenvalue weighted by Gasteiger charge is 2.37. The average Bonchev–Trinajstić information content (AvgIpc) is 3.08. The van der Waals surface area contributed by atoms with Gasteiger partial charge < -0.3 is 5.73 Å². The fraction of sp³-hybridized carbons (Fsp3) is 0.0833. The van der Waals surface area contributed by atoms with Gasteiger partial charge in [-0.15, -0.1) is 11.3 Å². The molecule has 92 valence electrons. The first kappa shape index (κ1) is 11.5. The number of hydrogen-bond donors (Lipinski definition) is 1. The zero-order valence-corrected chi connectivity index (χ0v) is 10.5. The maximum Gasteiger partial charge on any atom is 0.172 e. The maximum absolute atomic E-state index is 8.91. The van der Waals surface area contributed by atoms with Crippen molar-refractivity contribution in [3.63, 3.8) is 0 Å². The van der Waals surface area contributed by atoms with E-state index in [0.717, 1.165) is 0 Å². The van der Waals surface area contributed by atoms with Gasteiger partial charge in [0.05, 0.1) is 11.9 Å². The molecule has 0 saturated carbocycles. The number of aromatic nitrogens is 3. The molecule has 1 aliphatic heterocycles. The van der Waals surface area contributed by atoms with E-state index in [-0.39, 0.29) is 0 Å². The van der Waals surface area contributed by atoms with E-state index in [0.29, 0.717) is 21.4 Å². The Kier molecular flexibility index (Phi) is 2.58. The van der Waals surface area contributed by atoms with Crippen LogP contribution in [-0.2, 0) is 5.54 Å². The summed E-state index contributed by atoms with van der Waals surface area (Å²) in [5, 5.41) is 9.60. The minimum Gasteiger partial charge on any atom is -0.384 e. The van der Waals surface area contributed by atoms with Crippen LogP contribution in [0, 0.1) is 11.3 Å². The molecule has 6 nitrogen and oxygen atoms in total. The maximum atomic E-state index is 8.91. The molecule has 2 aromatic rings. The van der Waals surface area contributed by atoms with Gasteiger partial charge in [0, 0.05) is 12.3 Å². The molecule has 0 aliphatic carbocycles. The van der Waals surface area contributed by atoms with Crippen LogP contribution >= 0.6 is 11.3 Å². The van der Waals surface area contributed by atoms with Crippen molar-refractivity contribution in [2.75, 3.05) is 5.73 Å². The number of hydrogen-bond acceptors (Lipinski definition) is 7. The number of nitriles is 1. The first-order valence-corrected chi connectivity index (χ1v) is 6.24. The van der Waals surface area contributed by atoms with Crippen LogP contribution in [0.4, 0.5) is 5.82 Å². The van der Waals surface area contributed by atoms with Gasteiger partial charge >= 0.3 is 0 Å². The van der Waals surface area contributed by atoms with Crippen LogP contribution in [0.15, 0.2) is 35.7 Å². The third-order valence-corrected chi connectivity index (χ3v) is 3.75. The van der Waals surface area contributed by atoms with E-state index in [1.807, 2.05) is 12.2 Å². The molecule has 3 heterocycles. The van der Waals surface area contributed by atoms with Crippen LogP contribution < -0.4 is 5.73 Å². The summed E-state index contributed by atoms with van der Waals surface area (Å²) in [6, 6.07) is 3.74. The zero-order chi connectivity index (χ0) is 13.3. The van der Waals surface area contributed by atoms with Gasteiger partial charge in [0.25, 0.3) is 0 Å². The molecule has 3 rings (SSSR count). The lowest BCUT2D eigenvalue weighted by Gasteiger charge is -2.20. The van der Waals surface area contributed by atoms with Crippen molar-refractivity contribution < 1.29 is 0 Å². The number of nitrogens with two attached hydrogens (primary N) is 1. The Balaban J connectivity index is 2.18. The van der Waals surface area contributed by atoms with E-state index in [1.165, 1.54) is 23.9 Å². The van der Waals surface area contributed by atoms with Crippen LogP contribution in [0.25, 0.3) is 0 Å². The Labute approximate surface area is 113 Å². The van der Waals surface area contributed by atoms with Crippen LogP contribution in [0.3, 0.4) is 0 Å². The largest absolute Gasteiger partial charge is 0.384 e. The highest BCUT2D eigenvalue weighted by Crippen LogP contribution is 2.38. The van der Waals surface area contributed by atoms with Gasteiger partial charge in [0.15, 0.2) is 5.54 Å². The summed E-state index contributed by atoms with van der Waals surface area (Å²) in [6.45, 7) is 0. The quantitative estimate of drug-likeness (QED) is 0.883. The molecule has 0 bridgehead atoms. The van der Waals surface area contributed by atoms with E-state index < -0.39 is 5.54 Å². The number of nitrogen functional groups attached to an aromatic ring is 1. The molecule has 1 aliphatic rings. The predicted molar refractivity (Wildman–Crippen MR) is 71.7 cm³/mol. The highest BCUT2D eigenvalue weighted by molar-refractivity contribution is 7.12. The fourth-order valence-corrected chi connectivity index (χ4v) is 2.70. The highest BCUT2D eigenvalue weighted by atomic mass is 32.1. The van der Waals surface area contributed by atoms with Gasteiger partial charge in [-0.05, 0) is 12.2 Å². The van der Waals surface area contributed by atoms with Gasteiger partial charge in [0.2, 0.25) is 0 Å². The second-order valence-electron chi connectivity index (χ2n) is 3.87. The van der Waals surface area contributed by atoms with Gasteiger partial charge in [-0.2, -0.15) is 5.26 Å². The van der Waals surface area contributed by atoms with Crippen molar-refractivity contribution in [3.05, 3.63) is 46.3 Å². The molecule has 2 N–H and O–H groups in total. The van der Waals surface area contributed by atoms with E-state index in [2.05, 4.69) is 26.0 Å². The van der Waals surface area contributed by atoms with Gasteiger partial charge in [-0.25, -0.2) is 15.0 Å². The van der Waals surface area contributed by atoms with Gasteiger partial charge in [-0.3, -0.25) is 4.99 Å². The van der Waals surface area contributed by atoms with Crippen molar-refractivity contribution in [2.24, 2.45) is 4.99 Å². The smallest absolute Gasteiger partial charge is 0.172 e. The molecule has 1 atom stereocenters. The lowest BCUT2D eigenvalue weighted by Crippen LogP contribution is -2.22. The molecule has 0 radical (unpaired) electrons. The van der Waals surface area contributed by atoms with Crippen molar-refractivity contribution in [2.45, 2.75) is 5.54 Å². The number of rotatable bonds is 2. The minimum atomic E-state index is -0.795. The third-order valence-electron chi connectivity index (χ3n) is 2.72. The molecule has 7 heteroatoms. The van der Waals surface area contributed by atoms with Crippen LogP contribution in [0.5, 0.6) is 0 Å². The van der Waals surface area contributed by atoms with Crippen molar-refractivity contribution in [3.8, 4) is 6.07 Å². The van der Waals surface area contributed by atoms with Crippen molar-refractivity contribution >= 4 is 23.4 Å². The molecule has 0 spiro atoms. The Morgan fingerprint density at radius 2 is 2.21 bits per heavy atom. The summed E-state index contributed by atoms with van der Waals surface area (Å²) in [5.41, 5.74) is 5.55. The monoisotopic (exact) mass is 268 g/mol. The molecule has 0 fully saturated rings. The topological polar surface area (TPSA) is 101 Å². The number of aliphatic imine (C=N–C) groups is 1. The van der Waals surface area contributed by atoms with Gasteiger partial charge in [-0.1, -0.05) is 0 Å². The first-order valence-electron chi connectivity index (χ1n) is 5.42. The van der Waals surface area contributed by atoms with E-state index in [4.69, 9.17) is 11.0 Å². The Morgan fingerprint density at radius 1 is 1.32 bits per heavy atom. The van der Waals surface area contributed by atoms with Crippen molar-refractivity contribution in [1.82, 2.24) is 15.0 Å². The van der Waals surface area contributed by atoms with E-state index in [1.54, 1.807) is 12.3 Å². The van der Waals surface area contributed by atoms with Crippen LogP contribution in [0.2, 0.25) is 0 Å². The average molecular weight is 268 g/mol. The molecule has 0 saturated heterocycles. The second kappa shape index (κ2) is 4.26. The second-order valence-corrected chi connectivity index (χ2v) is 4.90. The summed E-state index contributed by atoms with van der Waals surface area (Å²) in [6.07, 6.45) is 8.33. The number of anilines is 1. The van der Waals surface area contributed by atoms with E-state index >= 15 is 0 Å². The van der Waals surface area contributed by atoms with Crippen LogP contribution in [0.1, 0.15) is 15.6 Å². The summed E-state index contributed by atoms with van der Waals surface area (Å²) in [4.78, 5) is 17.4. The first-order chi connectivity index (χ1) is 9.24. The standard InChI is InChI=1S/C12H8N6S/c13-5-8-6-15-11(19-8)12(2-1-3-18-12)9-4-10(14)17-7-16-9/h1-4,6-7H,(H2,14,16,17). The summed E-state index contributed by atoms with van der Waals surface area (Å²) in [5.74, 6) is 0.372. The fourth-order valence-electron chi connectivity index (χ4n) is 1.86. The Hall–Kier alpha value is -2.59. The zero-order valence-electron chi connectivity index (χ0n) is 9.69. The molecule has 0 aromatic carbocycles. The lowest BCUT2D eigenvalue weighted by atomic mass is 9.97. The minimum absolute atomic E-state index is 0.372. The van der Waals surface area contributed by atoms with Crippen molar-refractivity contribution in [1.29, 1.82) is 5.26 Å². The molecule has 19 heavy (non-hydrogen) atoms. The molecule has 1 unspecified atom stereocenters.